The molecule has 2 aromatic rings. The molecule has 1 saturated heterocycles. The van der Waals surface area contributed by atoms with Crippen LogP contribution in [-0.4, -0.2) is 26.4 Å². The summed E-state index contributed by atoms with van der Waals surface area (Å²) in [6.45, 7) is 18.1. The van der Waals surface area contributed by atoms with E-state index in [2.05, 4.69) is 109 Å². The minimum Gasteiger partial charge on any atom is -0.403 e. The Bertz CT molecular complexity index is 812. The van der Waals surface area contributed by atoms with E-state index in [1.54, 1.807) is 0 Å². The normalized spacial score (nSPS) is 19.3. The maximum atomic E-state index is 6.41. The summed E-state index contributed by atoms with van der Waals surface area (Å²) < 4.78 is 12.8. The van der Waals surface area contributed by atoms with E-state index in [9.17, 15) is 0 Å². The summed E-state index contributed by atoms with van der Waals surface area (Å²) in [5.74, 6) is 0.565. The molecule has 2 nitrogen and oxygen atoms in total. The molecule has 0 spiro atoms. The lowest BCUT2D eigenvalue weighted by Crippen LogP contribution is -2.48. The molecule has 162 valence electrons. The Morgan fingerprint density at radius 1 is 0.833 bits per heavy atom. The fraction of sp³-hybridized carbons (Fsp3) is 0.538. The third-order valence-electron chi connectivity index (χ3n) is 7.45. The summed E-state index contributed by atoms with van der Waals surface area (Å²) in [6, 6.07) is 20.3. The van der Waals surface area contributed by atoms with Gasteiger partial charge in [0.2, 0.25) is 0 Å². The van der Waals surface area contributed by atoms with Crippen molar-refractivity contribution in [3.05, 3.63) is 65.7 Å². The van der Waals surface area contributed by atoms with E-state index in [4.69, 9.17) is 9.31 Å². The summed E-state index contributed by atoms with van der Waals surface area (Å²) >= 11 is 0. The lowest BCUT2D eigenvalue weighted by atomic mass is 9.81. The van der Waals surface area contributed by atoms with Gasteiger partial charge in [-0.2, -0.15) is 0 Å². The predicted octanol–water partition coefficient (Wildman–Crippen LogP) is 6.43. The molecule has 0 saturated carbocycles. The third-order valence-corrected chi connectivity index (χ3v) is 11.7. The zero-order valence-electron chi connectivity index (χ0n) is 20.2. The molecule has 0 amide bonds. The molecule has 0 aliphatic carbocycles. The minimum atomic E-state index is -1.75. The van der Waals surface area contributed by atoms with Crippen LogP contribution in [0.1, 0.15) is 58.6 Å². The van der Waals surface area contributed by atoms with Crippen LogP contribution in [0.3, 0.4) is 0 Å². The molecule has 0 radical (unpaired) electrons. The van der Waals surface area contributed by atoms with Crippen molar-refractivity contribution in [2.24, 2.45) is 0 Å². The van der Waals surface area contributed by atoms with Gasteiger partial charge < -0.3 is 9.31 Å². The van der Waals surface area contributed by atoms with Gasteiger partial charge in [-0.05, 0) is 63.0 Å². The van der Waals surface area contributed by atoms with Gasteiger partial charge >= 0.3 is 7.12 Å². The molecule has 1 fully saturated rings. The molecule has 0 N–H and O–H groups in total. The molecule has 1 unspecified atom stereocenters. The maximum absolute atomic E-state index is 6.41. The van der Waals surface area contributed by atoms with Crippen LogP contribution in [0.25, 0.3) is 0 Å². The summed E-state index contributed by atoms with van der Waals surface area (Å²) in [4.78, 5) is 0. The molecule has 4 heteroatoms. The minimum absolute atomic E-state index is 0.148. The maximum Gasteiger partial charge on any atom is 0.457 e. The molecule has 3 rings (SSSR count). The second-order valence-electron chi connectivity index (χ2n) is 10.8. The fourth-order valence-electron chi connectivity index (χ4n) is 4.35. The van der Waals surface area contributed by atoms with E-state index in [0.717, 1.165) is 12.7 Å². The zero-order chi connectivity index (χ0) is 22.2. The number of hydrogen-bond acceptors (Lipinski definition) is 2. The van der Waals surface area contributed by atoms with Crippen LogP contribution in [0.15, 0.2) is 54.6 Å². The first-order chi connectivity index (χ1) is 13.9. The SMILES string of the molecule is CC(C)c1ccc(CC(CB2OC(C)(C)C(C)(C)O2)[Si](C)(C)c2ccccc2)cc1. The van der Waals surface area contributed by atoms with Crippen LogP contribution in [0.2, 0.25) is 25.0 Å². The zero-order valence-corrected chi connectivity index (χ0v) is 21.2. The van der Waals surface area contributed by atoms with Crippen LogP contribution in [0, 0.1) is 0 Å². The molecule has 1 heterocycles. The number of rotatable bonds is 7. The second-order valence-corrected chi connectivity index (χ2v) is 15.6. The smallest absolute Gasteiger partial charge is 0.403 e. The summed E-state index contributed by atoms with van der Waals surface area (Å²) in [6.07, 6.45) is 2.00. The Labute approximate surface area is 185 Å². The Hall–Kier alpha value is -1.36. The average molecular weight is 422 g/mol. The van der Waals surface area contributed by atoms with Crippen molar-refractivity contribution in [1.82, 2.24) is 0 Å². The van der Waals surface area contributed by atoms with E-state index < -0.39 is 8.07 Å². The van der Waals surface area contributed by atoms with Gasteiger partial charge in [-0.3, -0.25) is 0 Å². The largest absolute Gasteiger partial charge is 0.457 e. The van der Waals surface area contributed by atoms with E-state index >= 15 is 0 Å². The third kappa shape index (κ3) is 4.92. The highest BCUT2D eigenvalue weighted by Crippen LogP contribution is 2.41. The molecule has 0 bridgehead atoms. The van der Waals surface area contributed by atoms with Crippen molar-refractivity contribution in [3.63, 3.8) is 0 Å². The summed E-state index contributed by atoms with van der Waals surface area (Å²) in [5.41, 5.74) is 2.79. The fourth-order valence-corrected chi connectivity index (χ4v) is 7.40. The van der Waals surface area contributed by atoms with Crippen molar-refractivity contribution in [3.8, 4) is 0 Å². The Morgan fingerprint density at radius 2 is 1.37 bits per heavy atom. The highest BCUT2D eigenvalue weighted by atomic mass is 28.3. The van der Waals surface area contributed by atoms with Crippen LogP contribution in [0.4, 0.5) is 0 Å². The van der Waals surface area contributed by atoms with Crippen molar-refractivity contribution in [2.45, 2.75) is 90.0 Å². The van der Waals surface area contributed by atoms with Crippen LogP contribution in [-0.2, 0) is 15.7 Å². The van der Waals surface area contributed by atoms with Crippen LogP contribution < -0.4 is 5.19 Å². The highest BCUT2D eigenvalue weighted by Gasteiger charge is 2.52. The van der Waals surface area contributed by atoms with E-state index in [0.29, 0.717) is 11.5 Å². The topological polar surface area (TPSA) is 18.5 Å². The lowest BCUT2D eigenvalue weighted by Gasteiger charge is -2.34. The van der Waals surface area contributed by atoms with Gasteiger partial charge in [0, 0.05) is 0 Å². The molecule has 2 aromatic carbocycles. The average Bonchev–Trinajstić information content (AvgIpc) is 2.88. The molecule has 1 aliphatic heterocycles. The van der Waals surface area contributed by atoms with E-state index in [1.807, 2.05) is 0 Å². The Balaban J connectivity index is 1.87. The van der Waals surface area contributed by atoms with Crippen molar-refractivity contribution in [1.29, 1.82) is 0 Å². The first-order valence-electron chi connectivity index (χ1n) is 11.4. The Morgan fingerprint density at radius 3 is 1.87 bits per heavy atom. The van der Waals surface area contributed by atoms with Crippen molar-refractivity contribution in [2.75, 3.05) is 0 Å². The first-order valence-corrected chi connectivity index (χ1v) is 14.5. The van der Waals surface area contributed by atoms with Gasteiger partial charge in [-0.1, -0.05) is 86.7 Å². The first kappa shape index (κ1) is 23.3. The van der Waals surface area contributed by atoms with E-state index in [-0.39, 0.29) is 18.3 Å². The summed E-state index contributed by atoms with van der Waals surface area (Å²) in [5, 5.41) is 1.50. The number of benzene rings is 2. The van der Waals surface area contributed by atoms with Gasteiger partial charge in [-0.15, -0.1) is 0 Å². The molecule has 0 aromatic heterocycles. The van der Waals surface area contributed by atoms with Crippen molar-refractivity contribution < 1.29 is 9.31 Å². The monoisotopic (exact) mass is 422 g/mol. The molecular weight excluding hydrogens is 383 g/mol. The number of hydrogen-bond donors (Lipinski definition) is 0. The van der Waals surface area contributed by atoms with Gasteiger partial charge in [0.25, 0.3) is 0 Å². The molecular formula is C26H39BO2Si. The van der Waals surface area contributed by atoms with Gasteiger partial charge in [0.15, 0.2) is 0 Å². The van der Waals surface area contributed by atoms with Crippen LogP contribution in [0.5, 0.6) is 0 Å². The molecule has 30 heavy (non-hydrogen) atoms. The predicted molar refractivity (Wildman–Crippen MR) is 132 cm³/mol. The van der Waals surface area contributed by atoms with Crippen LogP contribution >= 0.6 is 0 Å². The Kier molecular flexibility index (Phi) is 6.72. The standard InChI is InChI=1S/C26H39BO2Si/c1-20(2)22-16-14-21(15-17-22)18-24(30(7,8)23-12-10-9-11-13-23)19-27-28-25(3,4)26(5,6)29-27/h9-17,20,24H,18-19H2,1-8H3. The molecule has 1 atom stereocenters. The van der Waals surface area contributed by atoms with Gasteiger partial charge in [0.05, 0.1) is 19.3 Å². The quantitative estimate of drug-likeness (QED) is 0.479. The highest BCUT2D eigenvalue weighted by molar-refractivity contribution is 6.91. The van der Waals surface area contributed by atoms with E-state index in [1.165, 1.54) is 16.3 Å². The van der Waals surface area contributed by atoms with Crippen molar-refractivity contribution >= 4 is 20.4 Å². The second kappa shape index (κ2) is 8.64. The molecule has 1 aliphatic rings. The van der Waals surface area contributed by atoms with Gasteiger partial charge in [-0.25, -0.2) is 0 Å². The summed E-state index contributed by atoms with van der Waals surface area (Å²) in [7, 11) is -1.90. The van der Waals surface area contributed by atoms with Gasteiger partial charge in [0.1, 0.15) is 0 Å². The lowest BCUT2D eigenvalue weighted by molar-refractivity contribution is 0.00578.